The fraction of sp³-hybridized carbons (Fsp3) is 0.900. The van der Waals surface area contributed by atoms with Crippen LogP contribution in [-0.2, 0) is 4.79 Å². The van der Waals surface area contributed by atoms with Crippen LogP contribution in [0.3, 0.4) is 0 Å². The number of amides is 1. The van der Waals surface area contributed by atoms with E-state index in [4.69, 9.17) is 5.73 Å². The highest BCUT2D eigenvalue weighted by Gasteiger charge is 2.23. The van der Waals surface area contributed by atoms with Crippen LogP contribution in [0.15, 0.2) is 0 Å². The molecule has 1 aliphatic rings. The predicted octanol–water partition coefficient (Wildman–Crippen LogP) is -0.207. The molecule has 0 aromatic rings. The molecule has 1 amide bonds. The van der Waals surface area contributed by atoms with E-state index in [0.717, 1.165) is 45.6 Å². The van der Waals surface area contributed by atoms with Gasteiger partial charge in [0.2, 0.25) is 5.91 Å². The van der Waals surface area contributed by atoms with Crippen LogP contribution >= 0.6 is 0 Å². The second kappa shape index (κ2) is 5.98. The fourth-order valence-corrected chi connectivity index (χ4v) is 1.90. The molecule has 0 bridgehead atoms. The Labute approximate surface area is 85.8 Å². The summed E-state index contributed by atoms with van der Waals surface area (Å²) in [6, 6.07) is 0. The molecular formula is C10H21N3O. The average molecular weight is 199 g/mol. The summed E-state index contributed by atoms with van der Waals surface area (Å²) in [5.41, 5.74) is 5.30. The van der Waals surface area contributed by atoms with Crippen molar-refractivity contribution >= 4 is 5.91 Å². The van der Waals surface area contributed by atoms with Crippen LogP contribution in [0.25, 0.3) is 0 Å². The number of nitrogens with zero attached hydrogens (tertiary/aromatic N) is 1. The first-order valence-corrected chi connectivity index (χ1v) is 5.46. The van der Waals surface area contributed by atoms with Gasteiger partial charge in [0.05, 0.1) is 5.92 Å². The molecule has 0 spiro atoms. The first kappa shape index (κ1) is 11.5. The number of primary amides is 1. The van der Waals surface area contributed by atoms with Gasteiger partial charge >= 0.3 is 0 Å². The van der Waals surface area contributed by atoms with Crippen LogP contribution in [0, 0.1) is 5.92 Å². The Hall–Kier alpha value is -0.610. The molecule has 1 aliphatic heterocycles. The zero-order valence-corrected chi connectivity index (χ0v) is 8.96. The molecule has 4 heteroatoms. The number of hydrogen-bond acceptors (Lipinski definition) is 3. The van der Waals surface area contributed by atoms with E-state index in [0.29, 0.717) is 0 Å². The third-order valence-electron chi connectivity index (χ3n) is 2.76. The number of piperidine rings is 1. The number of carbonyl (C=O) groups excluding carboxylic acids is 1. The lowest BCUT2D eigenvalue weighted by Crippen LogP contribution is -2.43. The van der Waals surface area contributed by atoms with E-state index < -0.39 is 0 Å². The Morgan fingerprint density at radius 2 is 2.43 bits per heavy atom. The first-order chi connectivity index (χ1) is 6.74. The minimum Gasteiger partial charge on any atom is -0.369 e. The highest BCUT2D eigenvalue weighted by molar-refractivity contribution is 5.76. The Morgan fingerprint density at radius 3 is 3.07 bits per heavy atom. The Morgan fingerprint density at radius 1 is 1.64 bits per heavy atom. The smallest absolute Gasteiger partial charge is 0.221 e. The number of likely N-dealkylation sites (tertiary alicyclic amines) is 1. The second-order valence-corrected chi connectivity index (χ2v) is 3.90. The van der Waals surface area contributed by atoms with E-state index in [2.05, 4.69) is 17.1 Å². The molecule has 1 heterocycles. The third kappa shape index (κ3) is 3.64. The van der Waals surface area contributed by atoms with E-state index in [1.807, 2.05) is 0 Å². The summed E-state index contributed by atoms with van der Waals surface area (Å²) in [6.45, 7) is 7.09. The topological polar surface area (TPSA) is 58.4 Å². The van der Waals surface area contributed by atoms with Gasteiger partial charge in [0, 0.05) is 19.6 Å². The van der Waals surface area contributed by atoms with Gasteiger partial charge in [-0.25, -0.2) is 0 Å². The van der Waals surface area contributed by atoms with Gasteiger partial charge in [-0.15, -0.1) is 0 Å². The summed E-state index contributed by atoms with van der Waals surface area (Å²) < 4.78 is 0. The van der Waals surface area contributed by atoms with Crippen molar-refractivity contribution in [3.05, 3.63) is 0 Å². The van der Waals surface area contributed by atoms with E-state index >= 15 is 0 Å². The summed E-state index contributed by atoms with van der Waals surface area (Å²) in [6.07, 6.45) is 2.06. The van der Waals surface area contributed by atoms with Gasteiger partial charge < -0.3 is 16.0 Å². The number of carbonyl (C=O) groups is 1. The van der Waals surface area contributed by atoms with Crippen molar-refractivity contribution in [1.29, 1.82) is 0 Å². The fourth-order valence-electron chi connectivity index (χ4n) is 1.90. The van der Waals surface area contributed by atoms with Gasteiger partial charge in [0.15, 0.2) is 0 Å². The zero-order valence-electron chi connectivity index (χ0n) is 8.96. The molecule has 1 atom stereocenters. The zero-order chi connectivity index (χ0) is 10.4. The molecular weight excluding hydrogens is 178 g/mol. The number of likely N-dealkylation sites (N-methyl/N-ethyl adjacent to an activating group) is 1. The maximum absolute atomic E-state index is 11.0. The Bertz CT molecular complexity index is 184. The van der Waals surface area contributed by atoms with Crippen molar-refractivity contribution in [2.75, 3.05) is 32.7 Å². The Balaban J connectivity index is 2.22. The molecule has 1 saturated heterocycles. The minimum absolute atomic E-state index is 0.0744. The van der Waals surface area contributed by atoms with E-state index in [1.54, 1.807) is 0 Å². The molecule has 0 saturated carbocycles. The van der Waals surface area contributed by atoms with Gasteiger partial charge in [0.25, 0.3) is 0 Å². The minimum atomic E-state index is -0.141. The first-order valence-electron chi connectivity index (χ1n) is 5.46. The lowest BCUT2D eigenvalue weighted by atomic mass is 9.97. The van der Waals surface area contributed by atoms with E-state index in [-0.39, 0.29) is 11.8 Å². The monoisotopic (exact) mass is 199 g/mol. The van der Waals surface area contributed by atoms with Crippen molar-refractivity contribution in [3.8, 4) is 0 Å². The van der Waals surface area contributed by atoms with Crippen molar-refractivity contribution < 1.29 is 4.79 Å². The van der Waals surface area contributed by atoms with Gasteiger partial charge in [-0.2, -0.15) is 0 Å². The molecule has 0 aromatic carbocycles. The molecule has 1 rings (SSSR count). The van der Waals surface area contributed by atoms with Crippen LogP contribution in [0.1, 0.15) is 19.8 Å². The van der Waals surface area contributed by atoms with Crippen LogP contribution in [-0.4, -0.2) is 43.5 Å². The SMILES string of the molecule is CCNCCN1CCCC(C(N)=O)C1. The molecule has 14 heavy (non-hydrogen) atoms. The molecule has 4 nitrogen and oxygen atoms in total. The maximum atomic E-state index is 11.0. The normalized spacial score (nSPS) is 23.6. The number of nitrogens with one attached hydrogen (secondary N) is 1. The van der Waals surface area contributed by atoms with Crippen molar-refractivity contribution in [2.45, 2.75) is 19.8 Å². The van der Waals surface area contributed by atoms with Crippen molar-refractivity contribution in [2.24, 2.45) is 11.7 Å². The van der Waals surface area contributed by atoms with E-state index in [1.165, 1.54) is 0 Å². The highest BCUT2D eigenvalue weighted by atomic mass is 16.1. The number of hydrogen-bond donors (Lipinski definition) is 2. The molecule has 1 fully saturated rings. The summed E-state index contributed by atoms with van der Waals surface area (Å²) in [4.78, 5) is 13.3. The lowest BCUT2D eigenvalue weighted by Gasteiger charge is -2.31. The van der Waals surface area contributed by atoms with Gasteiger partial charge in [-0.1, -0.05) is 6.92 Å². The molecule has 82 valence electrons. The predicted molar refractivity (Wildman–Crippen MR) is 56.9 cm³/mol. The van der Waals surface area contributed by atoms with Crippen LogP contribution in [0.5, 0.6) is 0 Å². The second-order valence-electron chi connectivity index (χ2n) is 3.90. The largest absolute Gasteiger partial charge is 0.369 e. The summed E-state index contributed by atoms with van der Waals surface area (Å²) in [5, 5.41) is 3.28. The molecule has 1 unspecified atom stereocenters. The quantitative estimate of drug-likeness (QED) is 0.603. The van der Waals surface area contributed by atoms with Crippen molar-refractivity contribution in [3.63, 3.8) is 0 Å². The van der Waals surface area contributed by atoms with Gasteiger partial charge in [-0.05, 0) is 25.9 Å². The summed E-state index contributed by atoms with van der Waals surface area (Å²) >= 11 is 0. The summed E-state index contributed by atoms with van der Waals surface area (Å²) in [5.74, 6) is -0.0662. The van der Waals surface area contributed by atoms with Crippen molar-refractivity contribution in [1.82, 2.24) is 10.2 Å². The Kier molecular flexibility index (Phi) is 4.90. The maximum Gasteiger partial charge on any atom is 0.221 e. The number of nitrogens with two attached hydrogens (primary N) is 1. The highest BCUT2D eigenvalue weighted by Crippen LogP contribution is 2.15. The number of rotatable bonds is 5. The van der Waals surface area contributed by atoms with Crippen LogP contribution in [0.4, 0.5) is 0 Å². The van der Waals surface area contributed by atoms with Crippen LogP contribution in [0.2, 0.25) is 0 Å². The van der Waals surface area contributed by atoms with Crippen LogP contribution < -0.4 is 11.1 Å². The van der Waals surface area contributed by atoms with Gasteiger partial charge in [-0.3, -0.25) is 4.79 Å². The third-order valence-corrected chi connectivity index (χ3v) is 2.76. The molecule has 0 radical (unpaired) electrons. The van der Waals surface area contributed by atoms with Gasteiger partial charge in [0.1, 0.15) is 0 Å². The summed E-state index contributed by atoms with van der Waals surface area (Å²) in [7, 11) is 0. The average Bonchev–Trinajstić information content (AvgIpc) is 2.19. The van der Waals surface area contributed by atoms with E-state index in [9.17, 15) is 4.79 Å². The molecule has 3 N–H and O–H groups in total. The molecule has 0 aliphatic carbocycles. The molecule has 0 aromatic heterocycles. The standard InChI is InChI=1S/C10H21N3O/c1-2-12-5-7-13-6-3-4-9(8-13)10(11)14/h9,12H,2-8H2,1H3,(H2,11,14). The lowest BCUT2D eigenvalue weighted by molar-refractivity contribution is -0.123.